The summed E-state index contributed by atoms with van der Waals surface area (Å²) in [6, 6.07) is 11.3. The second kappa shape index (κ2) is 7.81. The fourth-order valence-corrected chi connectivity index (χ4v) is 2.70. The van der Waals surface area contributed by atoms with Crippen molar-refractivity contribution in [1.29, 1.82) is 0 Å². The Bertz CT molecular complexity index is 650. The van der Waals surface area contributed by atoms with Crippen molar-refractivity contribution < 1.29 is 9.53 Å². The van der Waals surface area contributed by atoms with Crippen LogP contribution in [-0.2, 0) is 6.61 Å². The van der Waals surface area contributed by atoms with E-state index in [9.17, 15) is 4.79 Å². The van der Waals surface area contributed by atoms with E-state index in [4.69, 9.17) is 4.74 Å². The van der Waals surface area contributed by atoms with E-state index >= 15 is 0 Å². The quantitative estimate of drug-likeness (QED) is 0.927. The highest BCUT2D eigenvalue weighted by molar-refractivity contribution is 5.89. The summed E-state index contributed by atoms with van der Waals surface area (Å²) in [6.07, 6.45) is 5.68. The molecule has 126 valence electrons. The summed E-state index contributed by atoms with van der Waals surface area (Å²) in [4.78, 5) is 18.2. The lowest BCUT2D eigenvalue weighted by molar-refractivity contribution is 0.186. The summed E-state index contributed by atoms with van der Waals surface area (Å²) in [7, 11) is 0. The molecule has 0 aliphatic carbocycles. The first-order valence-corrected chi connectivity index (χ1v) is 8.38. The third kappa shape index (κ3) is 4.47. The van der Waals surface area contributed by atoms with Gasteiger partial charge >= 0.3 is 6.03 Å². The first kappa shape index (κ1) is 16.3. The van der Waals surface area contributed by atoms with E-state index in [0.717, 1.165) is 42.9 Å². The number of anilines is 1. The van der Waals surface area contributed by atoms with E-state index in [1.54, 1.807) is 12.4 Å². The van der Waals surface area contributed by atoms with Gasteiger partial charge in [0.2, 0.25) is 0 Å². The maximum absolute atomic E-state index is 12.2. The summed E-state index contributed by atoms with van der Waals surface area (Å²) >= 11 is 0. The van der Waals surface area contributed by atoms with E-state index in [1.807, 2.05) is 41.3 Å². The number of pyridine rings is 1. The van der Waals surface area contributed by atoms with E-state index in [1.165, 1.54) is 0 Å². The molecule has 3 rings (SSSR count). The number of carbonyl (C=O) groups excluding carboxylic acids is 1. The molecule has 1 aliphatic rings. The predicted octanol–water partition coefficient (Wildman–Crippen LogP) is 3.92. The normalized spacial score (nSPS) is 15.1. The van der Waals surface area contributed by atoms with Gasteiger partial charge in [-0.05, 0) is 49.1 Å². The van der Waals surface area contributed by atoms with Crippen LogP contribution >= 0.6 is 0 Å². The third-order valence-electron chi connectivity index (χ3n) is 4.30. The molecule has 0 atom stereocenters. The molecule has 0 radical (unpaired) electrons. The number of amides is 2. The van der Waals surface area contributed by atoms with Crippen LogP contribution in [-0.4, -0.2) is 29.0 Å². The Balaban J connectivity index is 1.50. The molecule has 1 N–H and O–H groups in total. The van der Waals surface area contributed by atoms with Crippen LogP contribution in [0.3, 0.4) is 0 Å². The minimum atomic E-state index is -0.0223. The van der Waals surface area contributed by atoms with Gasteiger partial charge in [0.1, 0.15) is 12.4 Å². The molecule has 2 heterocycles. The number of urea groups is 1. The molecule has 1 aromatic carbocycles. The van der Waals surface area contributed by atoms with Crippen molar-refractivity contribution in [3.05, 3.63) is 54.4 Å². The third-order valence-corrected chi connectivity index (χ3v) is 4.30. The van der Waals surface area contributed by atoms with E-state index in [0.29, 0.717) is 12.5 Å². The van der Waals surface area contributed by atoms with Gasteiger partial charge in [0.15, 0.2) is 0 Å². The van der Waals surface area contributed by atoms with Gasteiger partial charge in [-0.15, -0.1) is 0 Å². The van der Waals surface area contributed by atoms with Gasteiger partial charge in [0, 0.05) is 36.7 Å². The summed E-state index contributed by atoms with van der Waals surface area (Å²) in [6.45, 7) is 4.38. The SMILES string of the molecule is CC1CCN(C(=O)Nc2ccc(OCc3cccnc3)cc2)CC1. The van der Waals surface area contributed by atoms with Crippen LogP contribution < -0.4 is 10.1 Å². The Labute approximate surface area is 142 Å². The highest BCUT2D eigenvalue weighted by Gasteiger charge is 2.20. The van der Waals surface area contributed by atoms with E-state index in [2.05, 4.69) is 17.2 Å². The number of nitrogens with one attached hydrogen (secondary N) is 1. The average Bonchev–Trinajstić information content (AvgIpc) is 2.62. The lowest BCUT2D eigenvalue weighted by Gasteiger charge is -2.30. The molecule has 5 nitrogen and oxygen atoms in total. The maximum Gasteiger partial charge on any atom is 0.321 e. The van der Waals surface area contributed by atoms with Crippen LogP contribution in [0.5, 0.6) is 5.75 Å². The van der Waals surface area contributed by atoms with Crippen molar-refractivity contribution in [2.45, 2.75) is 26.4 Å². The van der Waals surface area contributed by atoms with Gasteiger partial charge < -0.3 is 15.0 Å². The molecule has 0 saturated carbocycles. The number of hydrogen-bond donors (Lipinski definition) is 1. The minimum Gasteiger partial charge on any atom is -0.489 e. The first-order valence-electron chi connectivity index (χ1n) is 8.38. The first-order chi connectivity index (χ1) is 11.7. The number of likely N-dealkylation sites (tertiary alicyclic amines) is 1. The average molecular weight is 325 g/mol. The van der Waals surface area contributed by atoms with Crippen molar-refractivity contribution >= 4 is 11.7 Å². The highest BCUT2D eigenvalue weighted by Crippen LogP contribution is 2.19. The Morgan fingerprint density at radius 3 is 2.67 bits per heavy atom. The van der Waals surface area contributed by atoms with Gasteiger partial charge in [-0.2, -0.15) is 0 Å². The maximum atomic E-state index is 12.2. The Morgan fingerprint density at radius 1 is 1.25 bits per heavy atom. The van der Waals surface area contributed by atoms with Gasteiger partial charge in [-0.25, -0.2) is 4.79 Å². The Morgan fingerprint density at radius 2 is 2.00 bits per heavy atom. The number of piperidine rings is 1. The number of benzene rings is 1. The standard InChI is InChI=1S/C19H23N3O2/c1-15-8-11-22(12-9-15)19(23)21-17-4-6-18(7-5-17)24-14-16-3-2-10-20-13-16/h2-7,10,13,15H,8-9,11-12,14H2,1H3,(H,21,23). The van der Waals surface area contributed by atoms with E-state index in [-0.39, 0.29) is 6.03 Å². The summed E-state index contributed by atoms with van der Waals surface area (Å²) in [5.41, 5.74) is 1.81. The summed E-state index contributed by atoms with van der Waals surface area (Å²) in [5, 5.41) is 2.95. The van der Waals surface area contributed by atoms with Crippen LogP contribution in [0.15, 0.2) is 48.8 Å². The largest absolute Gasteiger partial charge is 0.489 e. The smallest absolute Gasteiger partial charge is 0.321 e. The van der Waals surface area contributed by atoms with Crippen LogP contribution in [0.1, 0.15) is 25.3 Å². The number of ether oxygens (including phenoxy) is 1. The summed E-state index contributed by atoms with van der Waals surface area (Å²) < 4.78 is 5.72. The van der Waals surface area contributed by atoms with Crippen LogP contribution in [0.2, 0.25) is 0 Å². The molecular weight excluding hydrogens is 302 g/mol. The number of hydrogen-bond acceptors (Lipinski definition) is 3. The van der Waals surface area contributed by atoms with Crippen LogP contribution in [0, 0.1) is 5.92 Å². The highest BCUT2D eigenvalue weighted by atomic mass is 16.5. The lowest BCUT2D eigenvalue weighted by atomic mass is 10.00. The number of nitrogens with zero attached hydrogens (tertiary/aromatic N) is 2. The molecule has 24 heavy (non-hydrogen) atoms. The number of rotatable bonds is 4. The van der Waals surface area contributed by atoms with Crippen molar-refractivity contribution in [3.63, 3.8) is 0 Å². The monoisotopic (exact) mass is 325 g/mol. The molecule has 1 fully saturated rings. The van der Waals surface area contributed by atoms with Crippen LogP contribution in [0.4, 0.5) is 10.5 Å². The van der Waals surface area contributed by atoms with E-state index < -0.39 is 0 Å². The van der Waals surface area contributed by atoms with Crippen molar-refractivity contribution in [2.24, 2.45) is 5.92 Å². The zero-order chi connectivity index (χ0) is 16.8. The predicted molar refractivity (Wildman–Crippen MR) is 94.0 cm³/mol. The van der Waals surface area contributed by atoms with Crippen molar-refractivity contribution in [3.8, 4) is 5.75 Å². The minimum absolute atomic E-state index is 0.0223. The van der Waals surface area contributed by atoms with Gasteiger partial charge in [0.05, 0.1) is 0 Å². The zero-order valence-electron chi connectivity index (χ0n) is 13.9. The second-order valence-electron chi connectivity index (χ2n) is 6.27. The topological polar surface area (TPSA) is 54.5 Å². The molecule has 1 aliphatic heterocycles. The van der Waals surface area contributed by atoms with Crippen molar-refractivity contribution in [2.75, 3.05) is 18.4 Å². The number of aromatic nitrogens is 1. The molecule has 1 saturated heterocycles. The summed E-state index contributed by atoms with van der Waals surface area (Å²) in [5.74, 6) is 1.48. The molecule has 0 bridgehead atoms. The molecule has 5 heteroatoms. The second-order valence-corrected chi connectivity index (χ2v) is 6.27. The molecule has 2 aromatic rings. The van der Waals surface area contributed by atoms with Gasteiger partial charge in [-0.3, -0.25) is 4.98 Å². The van der Waals surface area contributed by atoms with Gasteiger partial charge in [-0.1, -0.05) is 13.0 Å². The molecule has 0 spiro atoms. The molecule has 2 amide bonds. The van der Waals surface area contributed by atoms with Crippen molar-refractivity contribution in [1.82, 2.24) is 9.88 Å². The zero-order valence-corrected chi connectivity index (χ0v) is 13.9. The fourth-order valence-electron chi connectivity index (χ4n) is 2.70. The lowest BCUT2D eigenvalue weighted by Crippen LogP contribution is -2.40. The Kier molecular flexibility index (Phi) is 5.31. The number of carbonyl (C=O) groups is 1. The molecule has 0 unspecified atom stereocenters. The molecule has 1 aromatic heterocycles. The Hall–Kier alpha value is -2.56. The molecular formula is C19H23N3O2. The van der Waals surface area contributed by atoms with Gasteiger partial charge in [0.25, 0.3) is 0 Å². The fraction of sp³-hybridized carbons (Fsp3) is 0.368. The van der Waals surface area contributed by atoms with Crippen LogP contribution in [0.25, 0.3) is 0 Å².